The van der Waals surface area contributed by atoms with Gasteiger partial charge in [-0.2, -0.15) is 0 Å². The van der Waals surface area contributed by atoms with E-state index in [1.165, 1.54) is 4.88 Å². The van der Waals surface area contributed by atoms with Crippen molar-refractivity contribution in [3.63, 3.8) is 0 Å². The minimum Gasteiger partial charge on any atom is -0.227 e. The molecule has 0 saturated heterocycles. The van der Waals surface area contributed by atoms with E-state index in [4.69, 9.17) is 11.6 Å². The first-order valence-corrected chi connectivity index (χ1v) is 6.59. The Hall–Kier alpha value is -0.350. The fourth-order valence-electron chi connectivity index (χ4n) is 1.21. The van der Waals surface area contributed by atoms with Crippen molar-refractivity contribution < 1.29 is 0 Å². The maximum atomic E-state index is 5.89. The van der Waals surface area contributed by atoms with E-state index in [1.54, 1.807) is 22.7 Å². The van der Waals surface area contributed by atoms with Gasteiger partial charge < -0.3 is 0 Å². The maximum Gasteiger partial charge on any atom is 0.171 e. The van der Waals surface area contributed by atoms with E-state index in [1.807, 2.05) is 25.1 Å². The van der Waals surface area contributed by atoms with Crippen LogP contribution in [0.4, 0.5) is 5.69 Å². The molecule has 0 fully saturated rings. The highest BCUT2D eigenvalue weighted by Crippen LogP contribution is 2.22. The molecule has 1 aromatic carbocycles. The van der Waals surface area contributed by atoms with Gasteiger partial charge in [0, 0.05) is 15.3 Å². The smallest absolute Gasteiger partial charge is 0.171 e. The highest BCUT2D eigenvalue weighted by molar-refractivity contribution is 7.26. The van der Waals surface area contributed by atoms with Crippen molar-refractivity contribution in [1.82, 2.24) is 0 Å². The number of nitrogens with zero attached hydrogens (tertiary/aromatic N) is 1. The molecule has 0 aliphatic carbocycles. The second kappa shape index (κ2) is 5.82. The molecule has 0 N–H and O–H groups in total. The quantitative estimate of drug-likeness (QED) is 0.720. The molecule has 0 spiro atoms. The highest BCUT2D eigenvalue weighted by Gasteiger charge is 1.97. The van der Waals surface area contributed by atoms with Crippen molar-refractivity contribution in [2.45, 2.75) is 13.8 Å². The summed E-state index contributed by atoms with van der Waals surface area (Å²) in [6, 6.07) is 5.77. The fraction of sp³-hybridized carbons (Fsp3) is 0.182. The molecule has 0 amide bonds. The van der Waals surface area contributed by atoms with Crippen molar-refractivity contribution in [2.24, 2.45) is 4.99 Å². The molecule has 0 aliphatic rings. The lowest BCUT2D eigenvalue weighted by molar-refractivity contribution is 1.36. The van der Waals surface area contributed by atoms with E-state index in [-0.39, 0.29) is 12.4 Å². The van der Waals surface area contributed by atoms with Crippen molar-refractivity contribution >= 4 is 52.4 Å². The van der Waals surface area contributed by atoms with Gasteiger partial charge in [0.25, 0.3) is 0 Å². The number of aryl methyl sites for hydroxylation is 2. The summed E-state index contributed by atoms with van der Waals surface area (Å²) in [7, 11) is 0. The lowest BCUT2D eigenvalue weighted by atomic mass is 10.2. The van der Waals surface area contributed by atoms with Crippen molar-refractivity contribution in [2.75, 3.05) is 0 Å². The topological polar surface area (TPSA) is 12.4 Å². The monoisotopic (exact) mass is 291 g/mol. The molecule has 1 aromatic heterocycles. The van der Waals surface area contributed by atoms with Crippen LogP contribution in [0.3, 0.4) is 0 Å². The van der Waals surface area contributed by atoms with Gasteiger partial charge in [0.1, 0.15) is 0 Å². The third kappa shape index (κ3) is 3.32. The van der Waals surface area contributed by atoms with Gasteiger partial charge in [-0.1, -0.05) is 11.6 Å². The normalized spacial score (nSPS) is 11.3. The van der Waals surface area contributed by atoms with E-state index in [0.717, 1.165) is 20.3 Å². The van der Waals surface area contributed by atoms with E-state index < -0.39 is 0 Å². The standard InChI is InChI=1S/C11H10ClNS2.ClH/c1-7-5-9(12)3-4-10(7)13-11-14-6-8(2)15-11;/h3-6H,1-2H3;1H/b13-11+;. The van der Waals surface area contributed by atoms with Crippen LogP contribution in [0, 0.1) is 13.8 Å². The van der Waals surface area contributed by atoms with E-state index in [9.17, 15) is 0 Å². The molecule has 0 saturated carbocycles. The zero-order valence-electron chi connectivity index (χ0n) is 8.86. The zero-order chi connectivity index (χ0) is 10.8. The van der Waals surface area contributed by atoms with Gasteiger partial charge in [-0.05, 0) is 37.6 Å². The van der Waals surface area contributed by atoms with Crippen LogP contribution in [0.2, 0.25) is 5.02 Å². The Labute approximate surface area is 114 Å². The van der Waals surface area contributed by atoms with Crippen LogP contribution in [0.5, 0.6) is 0 Å². The predicted molar refractivity (Wildman–Crippen MR) is 75.6 cm³/mol. The Kier molecular flexibility index (Phi) is 4.99. The molecule has 0 radical (unpaired) electrons. The summed E-state index contributed by atoms with van der Waals surface area (Å²) in [6.07, 6.45) is 0. The average molecular weight is 292 g/mol. The number of benzene rings is 1. The third-order valence-corrected chi connectivity index (χ3v) is 4.34. The molecular formula is C11H11Cl2NS2. The van der Waals surface area contributed by atoms with Crippen LogP contribution in [-0.4, -0.2) is 0 Å². The van der Waals surface area contributed by atoms with Crippen molar-refractivity contribution in [1.29, 1.82) is 0 Å². The Morgan fingerprint density at radius 2 is 2.00 bits per heavy atom. The predicted octanol–water partition coefficient (Wildman–Crippen LogP) is 4.73. The number of halogens is 2. The van der Waals surface area contributed by atoms with Crippen LogP contribution in [0.25, 0.3) is 0 Å². The van der Waals surface area contributed by atoms with Crippen molar-refractivity contribution in [3.05, 3.63) is 43.0 Å². The lowest BCUT2D eigenvalue weighted by Crippen LogP contribution is -1.85. The van der Waals surface area contributed by atoms with Gasteiger partial charge in [0.15, 0.2) is 3.98 Å². The molecule has 0 bridgehead atoms. The fourth-order valence-corrected chi connectivity index (χ4v) is 3.34. The first-order valence-electron chi connectivity index (χ1n) is 4.51. The first kappa shape index (κ1) is 13.7. The second-order valence-corrected chi connectivity index (χ2v) is 6.04. The third-order valence-electron chi connectivity index (χ3n) is 1.94. The molecule has 16 heavy (non-hydrogen) atoms. The molecule has 0 aliphatic heterocycles. The summed E-state index contributed by atoms with van der Waals surface area (Å²) in [5, 5.41) is 2.88. The molecule has 2 rings (SSSR count). The van der Waals surface area contributed by atoms with Gasteiger partial charge in [-0.25, -0.2) is 4.99 Å². The Morgan fingerprint density at radius 1 is 1.25 bits per heavy atom. The van der Waals surface area contributed by atoms with Crippen LogP contribution in [0.15, 0.2) is 28.6 Å². The van der Waals surface area contributed by atoms with Crippen LogP contribution in [-0.2, 0) is 0 Å². The summed E-state index contributed by atoms with van der Waals surface area (Å²) in [4.78, 5) is 5.88. The molecule has 2 aromatic rings. The van der Waals surface area contributed by atoms with Gasteiger partial charge in [0.2, 0.25) is 0 Å². The minimum atomic E-state index is 0. The number of hydrogen-bond acceptors (Lipinski definition) is 3. The molecule has 1 heterocycles. The summed E-state index contributed by atoms with van der Waals surface area (Å²) >= 11 is 9.28. The molecular weight excluding hydrogens is 281 g/mol. The second-order valence-electron chi connectivity index (χ2n) is 3.26. The largest absolute Gasteiger partial charge is 0.227 e. The Balaban J connectivity index is 0.00000128. The minimum absolute atomic E-state index is 0. The highest BCUT2D eigenvalue weighted by atomic mass is 35.5. The molecule has 1 nitrogen and oxygen atoms in total. The summed E-state index contributed by atoms with van der Waals surface area (Å²) in [5.74, 6) is 0. The van der Waals surface area contributed by atoms with Gasteiger partial charge >= 0.3 is 0 Å². The summed E-state index contributed by atoms with van der Waals surface area (Å²) in [5.41, 5.74) is 2.11. The average Bonchev–Trinajstić information content (AvgIpc) is 2.56. The molecule has 86 valence electrons. The zero-order valence-corrected chi connectivity index (χ0v) is 12.1. The molecule has 0 atom stereocenters. The van der Waals surface area contributed by atoms with Crippen molar-refractivity contribution in [3.8, 4) is 0 Å². The van der Waals surface area contributed by atoms with Crippen LogP contribution < -0.4 is 3.98 Å². The number of hydrogen-bond donors (Lipinski definition) is 0. The van der Waals surface area contributed by atoms with Crippen LogP contribution >= 0.6 is 46.7 Å². The lowest BCUT2D eigenvalue weighted by Gasteiger charge is -1.98. The summed E-state index contributed by atoms with van der Waals surface area (Å²) < 4.78 is 1.08. The number of rotatable bonds is 1. The maximum absolute atomic E-state index is 5.89. The Morgan fingerprint density at radius 3 is 2.56 bits per heavy atom. The first-order chi connectivity index (χ1) is 7.15. The van der Waals surface area contributed by atoms with Gasteiger partial charge in [-0.3, -0.25) is 0 Å². The molecule has 0 unspecified atom stereocenters. The van der Waals surface area contributed by atoms with E-state index in [2.05, 4.69) is 17.3 Å². The van der Waals surface area contributed by atoms with Crippen LogP contribution in [0.1, 0.15) is 10.4 Å². The molecule has 5 heteroatoms. The van der Waals surface area contributed by atoms with Gasteiger partial charge in [-0.15, -0.1) is 35.1 Å². The SMILES string of the molecule is Cc1cs/c(=N\c2ccc(Cl)cc2C)s1.Cl. The van der Waals surface area contributed by atoms with E-state index >= 15 is 0 Å². The Bertz CT molecular complexity index is 543. The van der Waals surface area contributed by atoms with Gasteiger partial charge in [0.05, 0.1) is 5.69 Å². The van der Waals surface area contributed by atoms with E-state index in [0.29, 0.717) is 0 Å². The summed E-state index contributed by atoms with van der Waals surface area (Å²) in [6.45, 7) is 4.12.